The van der Waals surface area contributed by atoms with Crippen LogP contribution in [0.1, 0.15) is 11.1 Å². The fourth-order valence-electron chi connectivity index (χ4n) is 3.34. The van der Waals surface area contributed by atoms with Gasteiger partial charge in [0.05, 0.1) is 11.4 Å². The van der Waals surface area contributed by atoms with Crippen LogP contribution in [0.4, 0.5) is 41.1 Å². The number of anilines is 4. The lowest BCUT2D eigenvalue weighted by Crippen LogP contribution is -2.20. The largest absolute Gasteiger partial charge is 0.323 e. The maximum Gasteiger partial charge on any atom is 0.323 e. The molecule has 4 rings (SSSR count). The Morgan fingerprint density at radius 2 is 0.886 bits per heavy atom. The topological polar surface area (TPSA) is 82.3 Å². The van der Waals surface area contributed by atoms with Gasteiger partial charge in [-0.05, 0) is 66.1 Å². The van der Waals surface area contributed by atoms with E-state index < -0.39 is 23.7 Å². The molecule has 0 aliphatic heterocycles. The number of hydrogen-bond donors (Lipinski definition) is 4. The number of nitrogens with one attached hydrogen (secondary N) is 4. The Morgan fingerprint density at radius 3 is 1.26 bits per heavy atom. The summed E-state index contributed by atoms with van der Waals surface area (Å²) in [4.78, 5) is 24.2. The summed E-state index contributed by atoms with van der Waals surface area (Å²) < 4.78 is 27.3. The summed E-state index contributed by atoms with van der Waals surface area (Å²) in [6.07, 6.45) is 0.642. The first-order valence-corrected chi connectivity index (χ1v) is 10.8. The molecule has 4 amide bonds. The fraction of sp³-hybridized carbons (Fsp3) is 0.0370. The molecule has 0 unspecified atom stereocenters. The molecule has 0 aromatic heterocycles. The molecule has 0 bridgehead atoms. The number of rotatable bonds is 6. The maximum absolute atomic E-state index is 13.7. The van der Waals surface area contributed by atoms with Crippen molar-refractivity contribution in [1.82, 2.24) is 0 Å². The van der Waals surface area contributed by atoms with Crippen molar-refractivity contribution in [3.63, 3.8) is 0 Å². The molecule has 4 N–H and O–H groups in total. The summed E-state index contributed by atoms with van der Waals surface area (Å²) in [5, 5.41) is 10.3. The third-order valence-corrected chi connectivity index (χ3v) is 5.08. The average molecular weight is 472 g/mol. The van der Waals surface area contributed by atoms with Crippen LogP contribution >= 0.6 is 0 Å². The predicted octanol–water partition coefficient (Wildman–Crippen LogP) is 6.84. The Hall–Kier alpha value is -4.72. The van der Waals surface area contributed by atoms with Gasteiger partial charge in [-0.25, -0.2) is 18.4 Å². The molecule has 0 aliphatic carbocycles. The zero-order valence-electron chi connectivity index (χ0n) is 18.5. The quantitative estimate of drug-likeness (QED) is 0.248. The van der Waals surface area contributed by atoms with Gasteiger partial charge in [0.2, 0.25) is 0 Å². The number of carbonyl (C=O) groups is 2. The highest BCUT2D eigenvalue weighted by molar-refractivity contribution is 6.00. The lowest BCUT2D eigenvalue weighted by atomic mass is 10.0. The van der Waals surface area contributed by atoms with E-state index in [4.69, 9.17) is 0 Å². The van der Waals surface area contributed by atoms with Gasteiger partial charge in [-0.2, -0.15) is 0 Å². The Kier molecular flexibility index (Phi) is 7.32. The fourth-order valence-corrected chi connectivity index (χ4v) is 3.34. The number of amides is 4. The number of benzene rings is 4. The molecule has 4 aromatic rings. The van der Waals surface area contributed by atoms with Gasteiger partial charge in [0, 0.05) is 11.4 Å². The molecular formula is C27H22F2N4O2. The summed E-state index contributed by atoms with van der Waals surface area (Å²) in [6, 6.07) is 25.4. The SMILES string of the molecule is O=C(Nc1ccc(Cc2ccc(NC(=O)Nc3ccccc3F)cc2)cc1)Nc1ccccc1F. The molecule has 6 nitrogen and oxygen atoms in total. The molecule has 0 saturated carbocycles. The van der Waals surface area contributed by atoms with Gasteiger partial charge in [-0.3, -0.25) is 0 Å². The minimum absolute atomic E-state index is 0.101. The highest BCUT2D eigenvalue weighted by Crippen LogP contribution is 2.18. The molecule has 35 heavy (non-hydrogen) atoms. The average Bonchev–Trinajstić information content (AvgIpc) is 2.84. The van der Waals surface area contributed by atoms with Crippen molar-refractivity contribution < 1.29 is 18.4 Å². The predicted molar refractivity (Wildman–Crippen MR) is 134 cm³/mol. The molecule has 8 heteroatoms. The highest BCUT2D eigenvalue weighted by atomic mass is 19.1. The van der Waals surface area contributed by atoms with E-state index in [2.05, 4.69) is 21.3 Å². The van der Waals surface area contributed by atoms with Crippen LogP contribution in [0.15, 0.2) is 97.1 Å². The summed E-state index contributed by atoms with van der Waals surface area (Å²) in [5.41, 5.74) is 3.38. The number of carbonyl (C=O) groups excluding carboxylic acids is 2. The van der Waals surface area contributed by atoms with Gasteiger partial charge in [0.15, 0.2) is 0 Å². The summed E-state index contributed by atoms with van der Waals surface area (Å²) in [6.45, 7) is 0. The van der Waals surface area contributed by atoms with E-state index in [0.717, 1.165) is 11.1 Å². The second-order valence-corrected chi connectivity index (χ2v) is 7.69. The van der Waals surface area contributed by atoms with E-state index in [1.807, 2.05) is 24.3 Å². The molecule has 176 valence electrons. The van der Waals surface area contributed by atoms with Crippen LogP contribution < -0.4 is 21.3 Å². The number of hydrogen-bond acceptors (Lipinski definition) is 2. The first-order chi connectivity index (χ1) is 17.0. The first kappa shape index (κ1) is 23.4. The van der Waals surface area contributed by atoms with Crippen LogP contribution in [0, 0.1) is 11.6 Å². The standard InChI is InChI=1S/C27H22F2N4O2/c28-22-5-1-3-7-24(22)32-26(34)30-20-13-9-18(10-14-20)17-19-11-15-21(16-12-19)31-27(35)33-25-8-4-2-6-23(25)29/h1-16H,17H2,(H2,30,32,34)(H2,31,33,35). The van der Waals surface area contributed by atoms with Crippen molar-refractivity contribution >= 4 is 34.8 Å². The number of halogens is 2. The molecule has 0 atom stereocenters. The van der Waals surface area contributed by atoms with Crippen LogP contribution in [-0.4, -0.2) is 12.1 Å². The molecule has 4 aromatic carbocycles. The molecule has 0 fully saturated rings. The van der Waals surface area contributed by atoms with Gasteiger partial charge in [-0.15, -0.1) is 0 Å². The van der Waals surface area contributed by atoms with Crippen LogP contribution in [-0.2, 0) is 6.42 Å². The lowest BCUT2D eigenvalue weighted by molar-refractivity contribution is 0.261. The summed E-state index contributed by atoms with van der Waals surface area (Å²) in [7, 11) is 0. The molecule has 0 heterocycles. The maximum atomic E-state index is 13.7. The molecule has 0 spiro atoms. The lowest BCUT2D eigenvalue weighted by Gasteiger charge is -2.10. The van der Waals surface area contributed by atoms with Gasteiger partial charge < -0.3 is 21.3 Å². The van der Waals surface area contributed by atoms with E-state index in [9.17, 15) is 18.4 Å². The second kappa shape index (κ2) is 10.9. The molecule has 0 radical (unpaired) electrons. The van der Waals surface area contributed by atoms with Gasteiger partial charge in [0.1, 0.15) is 11.6 Å². The Balaban J connectivity index is 1.28. The number of urea groups is 2. The number of para-hydroxylation sites is 2. The van der Waals surface area contributed by atoms with Crippen LogP contribution in [0.5, 0.6) is 0 Å². The van der Waals surface area contributed by atoms with Crippen LogP contribution in [0.2, 0.25) is 0 Å². The summed E-state index contributed by atoms with van der Waals surface area (Å²) in [5.74, 6) is -1.02. The van der Waals surface area contributed by atoms with Crippen molar-refractivity contribution in [3.05, 3.63) is 120 Å². The molecule has 0 aliphatic rings. The normalized spacial score (nSPS) is 10.3. The van der Waals surface area contributed by atoms with Gasteiger partial charge >= 0.3 is 12.1 Å². The Bertz CT molecular complexity index is 1220. The summed E-state index contributed by atoms with van der Waals surface area (Å²) >= 11 is 0. The van der Waals surface area contributed by atoms with Crippen molar-refractivity contribution in [3.8, 4) is 0 Å². The van der Waals surface area contributed by atoms with Crippen LogP contribution in [0.3, 0.4) is 0 Å². The van der Waals surface area contributed by atoms with E-state index >= 15 is 0 Å². The third kappa shape index (κ3) is 6.64. The zero-order chi connectivity index (χ0) is 24.6. The van der Waals surface area contributed by atoms with Crippen molar-refractivity contribution in [2.75, 3.05) is 21.3 Å². The minimum atomic E-state index is -0.537. The van der Waals surface area contributed by atoms with E-state index in [1.165, 1.54) is 24.3 Å². The zero-order valence-corrected chi connectivity index (χ0v) is 18.5. The first-order valence-electron chi connectivity index (χ1n) is 10.8. The van der Waals surface area contributed by atoms with Gasteiger partial charge in [-0.1, -0.05) is 48.5 Å². The highest BCUT2D eigenvalue weighted by Gasteiger charge is 2.08. The van der Waals surface area contributed by atoms with Crippen LogP contribution in [0.25, 0.3) is 0 Å². The minimum Gasteiger partial charge on any atom is -0.308 e. The molecular weight excluding hydrogens is 450 g/mol. The third-order valence-electron chi connectivity index (χ3n) is 5.08. The molecule has 0 saturated heterocycles. The Labute approximate surface area is 201 Å². The second-order valence-electron chi connectivity index (χ2n) is 7.69. The smallest absolute Gasteiger partial charge is 0.308 e. The van der Waals surface area contributed by atoms with Crippen molar-refractivity contribution in [1.29, 1.82) is 0 Å². The Morgan fingerprint density at radius 1 is 0.514 bits per heavy atom. The van der Waals surface area contributed by atoms with Crippen molar-refractivity contribution in [2.24, 2.45) is 0 Å². The van der Waals surface area contributed by atoms with E-state index in [-0.39, 0.29) is 11.4 Å². The van der Waals surface area contributed by atoms with E-state index in [0.29, 0.717) is 17.8 Å². The van der Waals surface area contributed by atoms with E-state index in [1.54, 1.807) is 48.5 Å². The van der Waals surface area contributed by atoms with Gasteiger partial charge in [0.25, 0.3) is 0 Å². The van der Waals surface area contributed by atoms with Crippen molar-refractivity contribution in [2.45, 2.75) is 6.42 Å². The monoisotopic (exact) mass is 472 g/mol.